The number of sulfone groups is 1. The first-order valence-electron chi connectivity index (χ1n) is 15.7. The lowest BCUT2D eigenvalue weighted by atomic mass is 9.83. The van der Waals surface area contributed by atoms with E-state index in [0.717, 1.165) is 38.4 Å². The van der Waals surface area contributed by atoms with Crippen LogP contribution in [0, 0.1) is 23.2 Å². The minimum absolute atomic E-state index is 0.0619. The van der Waals surface area contributed by atoms with E-state index in [1.54, 1.807) is 11.0 Å². The van der Waals surface area contributed by atoms with Gasteiger partial charge in [-0.15, -0.1) is 6.58 Å². The molecule has 3 fully saturated rings. The molecular formula is C31H51N5O7S. The molecule has 0 aromatic heterocycles. The fourth-order valence-electron chi connectivity index (χ4n) is 6.76. The third-order valence-corrected chi connectivity index (χ3v) is 10.1. The van der Waals surface area contributed by atoms with E-state index < -0.39 is 57.1 Å². The highest BCUT2D eigenvalue weighted by Gasteiger charge is 2.69. The molecule has 1 aliphatic heterocycles. The molecule has 13 heteroatoms. The van der Waals surface area contributed by atoms with Crippen LogP contribution in [0.15, 0.2) is 12.7 Å². The first-order valence-corrected chi connectivity index (χ1v) is 17.7. The molecule has 5 amide bonds. The van der Waals surface area contributed by atoms with Crippen molar-refractivity contribution < 1.29 is 32.4 Å². The third-order valence-electron chi connectivity index (χ3n) is 9.20. The van der Waals surface area contributed by atoms with E-state index in [0.29, 0.717) is 13.0 Å². The van der Waals surface area contributed by atoms with Crippen molar-refractivity contribution in [3.8, 4) is 0 Å². The van der Waals surface area contributed by atoms with E-state index in [9.17, 15) is 32.4 Å². The lowest BCUT2D eigenvalue weighted by Gasteiger charge is -2.37. The lowest BCUT2D eigenvalue weighted by Crippen LogP contribution is -2.61. The number of nitrogens with zero attached hydrogens (tertiary/aromatic N) is 1. The standard InChI is InChI=1S/C31H51N5O7S/c1-8-9-15-21(25(37)27(39)32-16-17-44(7,42)43)33-26(38)24-22-20(31(22,5)6)18-36(24)28(40)23(19-13-11-10-12-14-19)34-29(41)35-30(2,3)4/h8,19-24H,1,9-18H2,2-7H3,(H,32,39)(H,33,38)(H2,34,35,41)/t20?,21?,22-,23-,24-/m0/s1. The fourth-order valence-corrected chi connectivity index (χ4v) is 7.24. The van der Waals surface area contributed by atoms with Crippen LogP contribution in [-0.4, -0.2) is 91.6 Å². The molecule has 4 N–H and O–H groups in total. The number of nitrogens with one attached hydrogen (secondary N) is 4. The van der Waals surface area contributed by atoms with Gasteiger partial charge in [-0.25, -0.2) is 13.2 Å². The van der Waals surface area contributed by atoms with Crippen LogP contribution in [0.25, 0.3) is 0 Å². The van der Waals surface area contributed by atoms with Gasteiger partial charge in [-0.1, -0.05) is 39.2 Å². The number of rotatable bonds is 13. The van der Waals surface area contributed by atoms with E-state index in [1.165, 1.54) is 0 Å². The van der Waals surface area contributed by atoms with E-state index in [1.807, 2.05) is 34.6 Å². The maximum absolute atomic E-state index is 14.2. The maximum Gasteiger partial charge on any atom is 0.315 e. The Bertz CT molecular complexity index is 1240. The lowest BCUT2D eigenvalue weighted by molar-refractivity contribution is -0.144. The van der Waals surface area contributed by atoms with Gasteiger partial charge < -0.3 is 26.2 Å². The Balaban J connectivity index is 1.82. The van der Waals surface area contributed by atoms with Gasteiger partial charge >= 0.3 is 6.03 Å². The summed E-state index contributed by atoms with van der Waals surface area (Å²) in [4.78, 5) is 68.4. The Morgan fingerprint density at radius 3 is 2.25 bits per heavy atom. The molecule has 2 aliphatic carbocycles. The Morgan fingerprint density at radius 2 is 1.68 bits per heavy atom. The van der Waals surface area contributed by atoms with Crippen molar-refractivity contribution >= 4 is 39.4 Å². The minimum atomic E-state index is -3.35. The number of ketones is 1. The number of allylic oxidation sites excluding steroid dienone is 1. The second-order valence-corrected chi connectivity index (χ2v) is 16.6. The summed E-state index contributed by atoms with van der Waals surface area (Å²) in [5.74, 6) is -3.15. The van der Waals surface area contributed by atoms with E-state index in [2.05, 4.69) is 27.8 Å². The van der Waals surface area contributed by atoms with E-state index >= 15 is 0 Å². The number of hydrogen-bond acceptors (Lipinski definition) is 7. The molecular weight excluding hydrogens is 586 g/mol. The predicted molar refractivity (Wildman–Crippen MR) is 167 cm³/mol. The Hall–Kier alpha value is -2.96. The van der Waals surface area contributed by atoms with Crippen LogP contribution >= 0.6 is 0 Å². The van der Waals surface area contributed by atoms with Gasteiger partial charge in [0, 0.05) is 24.9 Å². The number of hydrogen-bond donors (Lipinski definition) is 4. The zero-order valence-corrected chi connectivity index (χ0v) is 27.8. The van der Waals surface area contributed by atoms with E-state index in [4.69, 9.17) is 0 Å². The van der Waals surface area contributed by atoms with Gasteiger partial charge in [-0.2, -0.15) is 0 Å². The molecule has 1 heterocycles. The summed E-state index contributed by atoms with van der Waals surface area (Å²) < 4.78 is 22.9. The second-order valence-electron chi connectivity index (χ2n) is 14.3. The number of likely N-dealkylation sites (tertiary alicyclic amines) is 1. The van der Waals surface area contributed by atoms with Crippen molar-refractivity contribution in [1.82, 2.24) is 26.2 Å². The third kappa shape index (κ3) is 9.04. The molecule has 3 aliphatic rings. The van der Waals surface area contributed by atoms with Crippen molar-refractivity contribution in [3.05, 3.63) is 12.7 Å². The van der Waals surface area contributed by atoms with Gasteiger partial charge in [0.25, 0.3) is 5.91 Å². The van der Waals surface area contributed by atoms with Gasteiger partial charge in [0.15, 0.2) is 0 Å². The van der Waals surface area contributed by atoms with Crippen LogP contribution in [-0.2, 0) is 29.0 Å². The molecule has 44 heavy (non-hydrogen) atoms. The maximum atomic E-state index is 14.2. The van der Waals surface area contributed by atoms with Gasteiger partial charge in [-0.05, 0) is 69.6 Å². The second kappa shape index (κ2) is 14.0. The molecule has 1 saturated heterocycles. The number of piperidine rings is 1. The molecule has 0 radical (unpaired) electrons. The highest BCUT2D eigenvalue weighted by atomic mass is 32.2. The topological polar surface area (TPSA) is 171 Å². The average molecular weight is 638 g/mol. The summed E-state index contributed by atoms with van der Waals surface area (Å²) in [5.41, 5.74) is -0.699. The normalized spacial score (nSPS) is 24.3. The zero-order valence-electron chi connectivity index (χ0n) is 27.0. The summed E-state index contributed by atoms with van der Waals surface area (Å²) in [6.07, 6.45) is 7.63. The van der Waals surface area contributed by atoms with Crippen LogP contribution in [0.2, 0.25) is 0 Å². The first-order chi connectivity index (χ1) is 20.4. The zero-order chi connectivity index (χ0) is 33.0. The van der Waals surface area contributed by atoms with Gasteiger partial charge in [0.2, 0.25) is 17.6 Å². The molecule has 5 atom stereocenters. The van der Waals surface area contributed by atoms with Crippen molar-refractivity contribution in [2.75, 3.05) is 25.1 Å². The Kier molecular flexibility index (Phi) is 11.3. The number of carbonyl (C=O) groups excluding carboxylic acids is 5. The highest BCUT2D eigenvalue weighted by molar-refractivity contribution is 7.90. The van der Waals surface area contributed by atoms with Crippen LogP contribution < -0.4 is 21.3 Å². The van der Waals surface area contributed by atoms with Crippen LogP contribution in [0.3, 0.4) is 0 Å². The molecule has 0 bridgehead atoms. The number of Topliss-reactive ketones (excluding diaryl/α,β-unsaturated/α-hetero) is 1. The number of fused-ring (bicyclic) bond motifs is 1. The highest BCUT2D eigenvalue weighted by Crippen LogP contribution is 2.65. The largest absolute Gasteiger partial charge is 0.348 e. The number of urea groups is 1. The summed E-state index contributed by atoms with van der Waals surface area (Å²) in [5, 5.41) is 10.9. The van der Waals surface area contributed by atoms with Crippen molar-refractivity contribution in [2.24, 2.45) is 23.2 Å². The summed E-state index contributed by atoms with van der Waals surface area (Å²) >= 11 is 0. The molecule has 248 valence electrons. The monoisotopic (exact) mass is 637 g/mol. The van der Waals surface area contributed by atoms with Crippen LogP contribution in [0.4, 0.5) is 4.79 Å². The summed E-state index contributed by atoms with van der Waals surface area (Å²) in [6, 6.07) is -3.29. The summed E-state index contributed by atoms with van der Waals surface area (Å²) in [7, 11) is -3.35. The number of carbonyl (C=O) groups is 5. The smallest absolute Gasteiger partial charge is 0.315 e. The average Bonchev–Trinajstić information content (AvgIpc) is 3.24. The fraction of sp³-hybridized carbons (Fsp3) is 0.774. The van der Waals surface area contributed by atoms with Crippen LogP contribution in [0.1, 0.15) is 79.6 Å². The van der Waals surface area contributed by atoms with Crippen LogP contribution in [0.5, 0.6) is 0 Å². The van der Waals surface area contributed by atoms with Gasteiger partial charge in [-0.3, -0.25) is 19.2 Å². The molecule has 3 rings (SSSR count). The van der Waals surface area contributed by atoms with E-state index in [-0.39, 0.29) is 47.8 Å². The summed E-state index contributed by atoms with van der Waals surface area (Å²) in [6.45, 7) is 13.5. The minimum Gasteiger partial charge on any atom is -0.348 e. The molecule has 2 unspecified atom stereocenters. The number of amides is 5. The van der Waals surface area contributed by atoms with Crippen molar-refractivity contribution in [3.63, 3.8) is 0 Å². The Labute approximate surface area is 261 Å². The molecule has 2 saturated carbocycles. The van der Waals surface area contributed by atoms with Gasteiger partial charge in [0.1, 0.15) is 21.9 Å². The molecule has 0 spiro atoms. The molecule has 12 nitrogen and oxygen atoms in total. The van der Waals surface area contributed by atoms with Crippen molar-refractivity contribution in [2.45, 2.75) is 103 Å². The Morgan fingerprint density at radius 1 is 1.05 bits per heavy atom. The van der Waals surface area contributed by atoms with Gasteiger partial charge in [0.05, 0.1) is 11.8 Å². The molecule has 0 aromatic carbocycles. The van der Waals surface area contributed by atoms with Crippen molar-refractivity contribution in [1.29, 1.82) is 0 Å². The SMILES string of the molecule is C=CCCC(NC(=O)[C@@H]1[C@@H]2C(CN1C(=O)[C@@H](NC(=O)NC(C)(C)C)C1CCCCC1)C2(C)C)C(=O)C(=O)NCCS(C)(=O)=O. The predicted octanol–water partition coefficient (Wildman–Crippen LogP) is 1.70. The quantitative estimate of drug-likeness (QED) is 0.176. The molecule has 0 aromatic rings. The first kappa shape index (κ1) is 35.5.